The van der Waals surface area contributed by atoms with Crippen LogP contribution >= 0.6 is 0 Å². The number of urea groups is 1. The number of carbonyl (C=O) groups excluding carboxylic acids is 4. The van der Waals surface area contributed by atoms with Gasteiger partial charge in [0, 0.05) is 30.8 Å². The summed E-state index contributed by atoms with van der Waals surface area (Å²) in [6.45, 7) is 0.491. The molecule has 0 saturated carbocycles. The molecule has 0 radical (unpaired) electrons. The smallest absolute Gasteiger partial charge is 0.319 e. The van der Waals surface area contributed by atoms with Crippen LogP contribution in [0.4, 0.5) is 14.9 Å². The first-order chi connectivity index (χ1) is 14.4. The second-order valence-corrected chi connectivity index (χ2v) is 7.21. The maximum absolute atomic E-state index is 12.9. The van der Waals surface area contributed by atoms with Gasteiger partial charge in [-0.05, 0) is 47.9 Å². The van der Waals surface area contributed by atoms with Crippen molar-refractivity contribution in [3.05, 3.63) is 65.0 Å². The molecule has 5 amide bonds. The number of hydrogen-bond donors (Lipinski definition) is 3. The third kappa shape index (κ3) is 4.00. The molecule has 2 aliphatic heterocycles. The van der Waals surface area contributed by atoms with Crippen molar-refractivity contribution in [2.45, 2.75) is 32.0 Å². The second kappa shape index (κ2) is 7.94. The van der Waals surface area contributed by atoms with Crippen molar-refractivity contribution < 1.29 is 23.6 Å². The Hall–Kier alpha value is -3.75. The van der Waals surface area contributed by atoms with Gasteiger partial charge in [-0.2, -0.15) is 0 Å². The molecular weight excluding hydrogens is 391 g/mol. The number of benzene rings is 2. The molecule has 0 aliphatic carbocycles. The normalized spacial score (nSPS) is 18.1. The minimum atomic E-state index is -0.661. The predicted octanol–water partition coefficient (Wildman–Crippen LogP) is 1.91. The molecule has 1 saturated heterocycles. The van der Waals surface area contributed by atoms with Gasteiger partial charge in [-0.15, -0.1) is 0 Å². The Bertz CT molecular complexity index is 1040. The fourth-order valence-corrected chi connectivity index (χ4v) is 3.60. The number of piperidine rings is 1. The zero-order chi connectivity index (χ0) is 21.3. The van der Waals surface area contributed by atoms with Crippen molar-refractivity contribution in [3.8, 4) is 0 Å². The van der Waals surface area contributed by atoms with E-state index in [2.05, 4.69) is 16.0 Å². The van der Waals surface area contributed by atoms with E-state index in [1.165, 1.54) is 29.2 Å². The number of anilines is 1. The quantitative estimate of drug-likeness (QED) is 0.669. The average molecular weight is 410 g/mol. The van der Waals surface area contributed by atoms with Gasteiger partial charge < -0.3 is 15.5 Å². The number of nitrogens with zero attached hydrogens (tertiary/aromatic N) is 1. The van der Waals surface area contributed by atoms with Crippen molar-refractivity contribution in [2.75, 3.05) is 5.32 Å². The third-order valence-corrected chi connectivity index (χ3v) is 5.15. The highest BCUT2D eigenvalue weighted by atomic mass is 19.1. The Morgan fingerprint density at radius 1 is 1.13 bits per heavy atom. The molecule has 3 N–H and O–H groups in total. The number of fused-ring (bicyclic) bond motifs is 1. The van der Waals surface area contributed by atoms with Crippen LogP contribution < -0.4 is 16.0 Å². The first-order valence-corrected chi connectivity index (χ1v) is 9.47. The van der Waals surface area contributed by atoms with Gasteiger partial charge in [0.1, 0.15) is 11.9 Å². The van der Waals surface area contributed by atoms with Gasteiger partial charge >= 0.3 is 6.03 Å². The van der Waals surface area contributed by atoms with Crippen molar-refractivity contribution in [1.29, 1.82) is 0 Å². The fraction of sp³-hybridized carbons (Fsp3) is 0.238. The van der Waals surface area contributed by atoms with Gasteiger partial charge in [-0.3, -0.25) is 19.7 Å². The molecule has 2 aromatic carbocycles. The maximum atomic E-state index is 12.9. The lowest BCUT2D eigenvalue weighted by Gasteiger charge is -2.29. The van der Waals surface area contributed by atoms with Crippen LogP contribution in [0.5, 0.6) is 0 Å². The van der Waals surface area contributed by atoms with Crippen LogP contribution in [-0.4, -0.2) is 34.7 Å². The summed E-state index contributed by atoms with van der Waals surface area (Å²) < 4.78 is 12.9. The average Bonchev–Trinajstić information content (AvgIpc) is 3.04. The number of hydrogen-bond acceptors (Lipinski definition) is 4. The number of rotatable bonds is 4. The van der Waals surface area contributed by atoms with Crippen LogP contribution in [0.3, 0.4) is 0 Å². The molecule has 0 aromatic heterocycles. The van der Waals surface area contributed by atoms with Crippen LogP contribution in [0.1, 0.15) is 34.3 Å². The van der Waals surface area contributed by atoms with E-state index in [0.717, 1.165) is 11.1 Å². The van der Waals surface area contributed by atoms with Crippen molar-refractivity contribution in [2.24, 2.45) is 0 Å². The molecule has 2 aromatic rings. The molecule has 2 aliphatic rings. The van der Waals surface area contributed by atoms with Crippen LogP contribution in [-0.2, 0) is 22.7 Å². The highest BCUT2D eigenvalue weighted by Crippen LogP contribution is 2.28. The Kier molecular flexibility index (Phi) is 5.18. The Labute approximate surface area is 171 Å². The number of nitrogens with one attached hydrogen (secondary N) is 3. The standard InChI is InChI=1S/C21H19FN4O4/c22-14-3-5-15(6-4-14)24-21(30)23-10-12-1-2-13-11-26(20(29)16(13)9-12)17-7-8-18(27)25-19(17)28/h1-6,9,17H,7-8,10-11H2,(H2,23,24,30)(H,25,27,28). The molecule has 8 nitrogen and oxygen atoms in total. The van der Waals surface area contributed by atoms with Gasteiger partial charge in [0.15, 0.2) is 0 Å². The van der Waals surface area contributed by atoms with E-state index in [1.807, 2.05) is 0 Å². The van der Waals surface area contributed by atoms with Gasteiger partial charge in [0.05, 0.1) is 0 Å². The lowest BCUT2D eigenvalue weighted by molar-refractivity contribution is -0.136. The first kappa shape index (κ1) is 19.6. The van der Waals surface area contributed by atoms with Gasteiger partial charge in [-0.25, -0.2) is 9.18 Å². The molecule has 9 heteroatoms. The van der Waals surface area contributed by atoms with E-state index < -0.39 is 23.8 Å². The summed E-state index contributed by atoms with van der Waals surface area (Å²) >= 11 is 0. The largest absolute Gasteiger partial charge is 0.334 e. The Morgan fingerprint density at radius 3 is 2.63 bits per heavy atom. The highest BCUT2D eigenvalue weighted by Gasteiger charge is 2.39. The lowest BCUT2D eigenvalue weighted by Crippen LogP contribution is -2.52. The Balaban J connectivity index is 1.38. The number of amides is 5. The van der Waals surface area contributed by atoms with E-state index in [1.54, 1.807) is 18.2 Å². The minimum absolute atomic E-state index is 0.187. The van der Waals surface area contributed by atoms with E-state index in [9.17, 15) is 23.6 Å². The van der Waals surface area contributed by atoms with Crippen LogP contribution in [0.15, 0.2) is 42.5 Å². The summed E-state index contributed by atoms with van der Waals surface area (Å²) in [7, 11) is 0. The zero-order valence-electron chi connectivity index (χ0n) is 15.9. The molecule has 30 heavy (non-hydrogen) atoms. The summed E-state index contributed by atoms with van der Waals surface area (Å²) in [4.78, 5) is 49.8. The summed E-state index contributed by atoms with van der Waals surface area (Å²) in [6, 6.07) is 9.57. The lowest BCUT2D eigenvalue weighted by atomic mass is 10.0. The van der Waals surface area contributed by atoms with Gasteiger partial charge in [-0.1, -0.05) is 12.1 Å². The molecule has 1 fully saturated rings. The topological polar surface area (TPSA) is 108 Å². The molecular formula is C21H19FN4O4. The van der Waals surface area contributed by atoms with Crippen LogP contribution in [0.2, 0.25) is 0 Å². The van der Waals surface area contributed by atoms with Gasteiger partial charge in [0.2, 0.25) is 11.8 Å². The van der Waals surface area contributed by atoms with Gasteiger partial charge in [0.25, 0.3) is 5.91 Å². The Morgan fingerprint density at radius 2 is 1.90 bits per heavy atom. The monoisotopic (exact) mass is 410 g/mol. The molecule has 154 valence electrons. The first-order valence-electron chi connectivity index (χ1n) is 9.47. The number of imide groups is 1. The van der Waals surface area contributed by atoms with Crippen LogP contribution in [0, 0.1) is 5.82 Å². The molecule has 1 atom stereocenters. The minimum Gasteiger partial charge on any atom is -0.334 e. The summed E-state index contributed by atoms with van der Waals surface area (Å²) in [5.74, 6) is -1.44. The molecule has 0 spiro atoms. The van der Waals surface area contributed by atoms with Crippen molar-refractivity contribution in [1.82, 2.24) is 15.5 Å². The summed E-state index contributed by atoms with van der Waals surface area (Å²) in [6.07, 6.45) is 0.511. The van der Waals surface area contributed by atoms with Crippen molar-refractivity contribution >= 4 is 29.4 Å². The van der Waals surface area contributed by atoms with E-state index >= 15 is 0 Å². The summed E-state index contributed by atoms with van der Waals surface area (Å²) in [5.41, 5.74) is 2.46. The maximum Gasteiger partial charge on any atom is 0.319 e. The second-order valence-electron chi connectivity index (χ2n) is 7.21. The van der Waals surface area contributed by atoms with E-state index in [0.29, 0.717) is 24.2 Å². The fourth-order valence-electron chi connectivity index (χ4n) is 3.60. The SMILES string of the molecule is O=C1CCC(N2Cc3ccc(CNC(=O)Nc4ccc(F)cc4)cc3C2=O)C(=O)N1. The summed E-state index contributed by atoms with van der Waals surface area (Å²) in [5, 5.41) is 7.55. The van der Waals surface area contributed by atoms with E-state index in [4.69, 9.17) is 0 Å². The molecule has 2 heterocycles. The highest BCUT2D eigenvalue weighted by molar-refractivity contribution is 6.05. The molecule has 1 unspecified atom stereocenters. The molecule has 4 rings (SSSR count). The third-order valence-electron chi connectivity index (χ3n) is 5.15. The number of carbonyl (C=O) groups is 4. The van der Waals surface area contributed by atoms with Crippen LogP contribution in [0.25, 0.3) is 0 Å². The predicted molar refractivity (Wildman–Crippen MR) is 105 cm³/mol. The van der Waals surface area contributed by atoms with Crippen molar-refractivity contribution in [3.63, 3.8) is 0 Å². The zero-order valence-corrected chi connectivity index (χ0v) is 15.9. The molecule has 0 bridgehead atoms. The van der Waals surface area contributed by atoms with E-state index in [-0.39, 0.29) is 24.8 Å². The number of halogens is 1.